The van der Waals surface area contributed by atoms with Crippen molar-refractivity contribution in [1.29, 1.82) is 0 Å². The zero-order valence-electron chi connectivity index (χ0n) is 10.0. The molecule has 0 amide bonds. The van der Waals surface area contributed by atoms with Crippen molar-refractivity contribution in [2.45, 2.75) is 52.5 Å². The Morgan fingerprint density at radius 1 is 1.43 bits per heavy atom. The van der Waals surface area contributed by atoms with Crippen LogP contribution in [0.15, 0.2) is 0 Å². The van der Waals surface area contributed by atoms with Crippen LogP contribution in [0, 0.1) is 5.41 Å². The molecule has 1 atom stereocenters. The second-order valence-electron chi connectivity index (χ2n) is 5.28. The smallest absolute Gasteiger partial charge is 0.00796 e. The first-order valence-electron chi connectivity index (χ1n) is 6.08. The molecule has 1 fully saturated rings. The van der Waals surface area contributed by atoms with Crippen LogP contribution >= 0.6 is 0 Å². The van der Waals surface area contributed by atoms with Gasteiger partial charge in [0.25, 0.3) is 0 Å². The van der Waals surface area contributed by atoms with Gasteiger partial charge >= 0.3 is 0 Å². The minimum atomic E-state index is 0.461. The fraction of sp³-hybridized carbons (Fsp3) is 1.00. The van der Waals surface area contributed by atoms with E-state index in [0.29, 0.717) is 5.41 Å². The molecule has 14 heavy (non-hydrogen) atoms. The number of hydrogen-bond donors (Lipinski definition) is 2. The first-order chi connectivity index (χ1) is 6.64. The van der Waals surface area contributed by atoms with E-state index in [1.807, 2.05) is 0 Å². The van der Waals surface area contributed by atoms with Crippen LogP contribution in [0.2, 0.25) is 0 Å². The average molecular weight is 198 g/mol. The second kappa shape index (κ2) is 5.72. The lowest BCUT2D eigenvalue weighted by Gasteiger charge is -2.23. The fourth-order valence-corrected chi connectivity index (χ4v) is 1.83. The summed E-state index contributed by atoms with van der Waals surface area (Å²) >= 11 is 0. The third kappa shape index (κ3) is 4.43. The zero-order chi connectivity index (χ0) is 10.4. The lowest BCUT2D eigenvalue weighted by molar-refractivity contribution is 0.325. The number of nitrogens with one attached hydrogen (secondary N) is 2. The summed E-state index contributed by atoms with van der Waals surface area (Å²) in [4.78, 5) is 0. The van der Waals surface area contributed by atoms with Gasteiger partial charge in [-0.3, -0.25) is 0 Å². The van der Waals surface area contributed by atoms with Gasteiger partial charge in [0.05, 0.1) is 0 Å². The van der Waals surface area contributed by atoms with Gasteiger partial charge in [0, 0.05) is 12.6 Å². The van der Waals surface area contributed by atoms with Crippen molar-refractivity contribution in [3.8, 4) is 0 Å². The van der Waals surface area contributed by atoms with Gasteiger partial charge in [-0.25, -0.2) is 0 Å². The Morgan fingerprint density at radius 2 is 2.21 bits per heavy atom. The predicted molar refractivity (Wildman–Crippen MR) is 62.6 cm³/mol. The van der Waals surface area contributed by atoms with Gasteiger partial charge in [-0.2, -0.15) is 0 Å². The molecule has 0 spiro atoms. The summed E-state index contributed by atoms with van der Waals surface area (Å²) in [6, 6.07) is 0.784. The molecule has 2 nitrogen and oxygen atoms in total. The quantitative estimate of drug-likeness (QED) is 0.639. The highest BCUT2D eigenvalue weighted by Gasteiger charge is 2.16. The summed E-state index contributed by atoms with van der Waals surface area (Å²) in [7, 11) is 0. The second-order valence-corrected chi connectivity index (χ2v) is 5.28. The summed E-state index contributed by atoms with van der Waals surface area (Å²) in [5.41, 5.74) is 0.461. The Balaban J connectivity index is 1.98. The summed E-state index contributed by atoms with van der Waals surface area (Å²) in [6.07, 6.45) is 5.28. The Morgan fingerprint density at radius 3 is 2.79 bits per heavy atom. The highest BCUT2D eigenvalue weighted by molar-refractivity contribution is 4.76. The van der Waals surface area contributed by atoms with E-state index in [2.05, 4.69) is 31.4 Å². The summed E-state index contributed by atoms with van der Waals surface area (Å²) in [6.45, 7) is 10.5. The van der Waals surface area contributed by atoms with Crippen molar-refractivity contribution >= 4 is 0 Å². The molecule has 1 saturated heterocycles. The maximum Gasteiger partial charge on any atom is 0.00796 e. The van der Waals surface area contributed by atoms with Crippen LogP contribution in [-0.4, -0.2) is 25.7 Å². The fourth-order valence-electron chi connectivity index (χ4n) is 1.83. The minimum Gasteiger partial charge on any atom is -0.316 e. The molecule has 0 aromatic heterocycles. The van der Waals surface area contributed by atoms with Gasteiger partial charge in [0.2, 0.25) is 0 Å². The molecule has 1 heterocycles. The van der Waals surface area contributed by atoms with E-state index < -0.39 is 0 Å². The maximum atomic E-state index is 3.56. The molecule has 1 rings (SSSR count). The third-order valence-corrected chi connectivity index (χ3v) is 3.39. The first-order valence-corrected chi connectivity index (χ1v) is 6.08. The van der Waals surface area contributed by atoms with Crippen LogP contribution < -0.4 is 10.6 Å². The predicted octanol–water partition coefficient (Wildman–Crippen LogP) is 2.15. The Bertz CT molecular complexity index is 148. The van der Waals surface area contributed by atoms with Gasteiger partial charge in [-0.15, -0.1) is 0 Å². The van der Waals surface area contributed by atoms with Crippen LogP contribution in [0.5, 0.6) is 0 Å². The molecule has 2 heteroatoms. The monoisotopic (exact) mass is 198 g/mol. The van der Waals surface area contributed by atoms with Crippen LogP contribution in [0.1, 0.15) is 46.5 Å². The number of hydrogen-bond acceptors (Lipinski definition) is 2. The molecule has 1 aliphatic rings. The Hall–Kier alpha value is -0.0800. The normalized spacial score (nSPS) is 22.9. The first kappa shape index (κ1) is 12.0. The van der Waals surface area contributed by atoms with E-state index in [1.165, 1.54) is 38.8 Å². The molecule has 2 N–H and O–H groups in total. The zero-order valence-corrected chi connectivity index (χ0v) is 10.0. The van der Waals surface area contributed by atoms with Crippen molar-refractivity contribution in [3.05, 3.63) is 0 Å². The van der Waals surface area contributed by atoms with Crippen molar-refractivity contribution in [1.82, 2.24) is 10.6 Å². The molecule has 1 unspecified atom stereocenters. The molecule has 0 aromatic rings. The molecule has 84 valence electrons. The molecular weight excluding hydrogens is 172 g/mol. The van der Waals surface area contributed by atoms with Crippen molar-refractivity contribution < 1.29 is 0 Å². The molecule has 1 aliphatic heterocycles. The van der Waals surface area contributed by atoms with Crippen LogP contribution in [0.3, 0.4) is 0 Å². The summed E-state index contributed by atoms with van der Waals surface area (Å²) in [5.74, 6) is 0. The van der Waals surface area contributed by atoms with E-state index >= 15 is 0 Å². The van der Waals surface area contributed by atoms with Gasteiger partial charge in [0.15, 0.2) is 0 Å². The lowest BCUT2D eigenvalue weighted by Crippen LogP contribution is -2.32. The largest absolute Gasteiger partial charge is 0.316 e. The molecule has 0 aliphatic carbocycles. The highest BCUT2D eigenvalue weighted by atomic mass is 14.9. The SMILES string of the molecule is CCC(C)(C)CNCCC1CCCN1. The topological polar surface area (TPSA) is 24.1 Å². The van der Waals surface area contributed by atoms with Gasteiger partial charge < -0.3 is 10.6 Å². The van der Waals surface area contributed by atoms with Crippen molar-refractivity contribution in [3.63, 3.8) is 0 Å². The van der Waals surface area contributed by atoms with Crippen LogP contribution in [0.25, 0.3) is 0 Å². The highest BCUT2D eigenvalue weighted by Crippen LogP contribution is 2.17. The molecule has 0 aromatic carbocycles. The molecular formula is C12H26N2. The Labute approximate surface area is 88.8 Å². The van der Waals surface area contributed by atoms with E-state index in [1.54, 1.807) is 0 Å². The van der Waals surface area contributed by atoms with E-state index in [4.69, 9.17) is 0 Å². The summed E-state index contributed by atoms with van der Waals surface area (Å²) in [5, 5.41) is 7.09. The standard InChI is InChI=1S/C12H26N2/c1-4-12(2,3)10-13-9-7-11-6-5-8-14-11/h11,13-14H,4-10H2,1-3H3. The van der Waals surface area contributed by atoms with Crippen LogP contribution in [-0.2, 0) is 0 Å². The molecule has 0 radical (unpaired) electrons. The van der Waals surface area contributed by atoms with Crippen LogP contribution in [0.4, 0.5) is 0 Å². The lowest BCUT2D eigenvalue weighted by atomic mass is 9.90. The van der Waals surface area contributed by atoms with Crippen molar-refractivity contribution in [2.75, 3.05) is 19.6 Å². The third-order valence-electron chi connectivity index (χ3n) is 3.39. The minimum absolute atomic E-state index is 0.461. The van der Waals surface area contributed by atoms with E-state index in [9.17, 15) is 0 Å². The van der Waals surface area contributed by atoms with Gasteiger partial charge in [0.1, 0.15) is 0 Å². The average Bonchev–Trinajstić information content (AvgIpc) is 2.65. The van der Waals surface area contributed by atoms with Gasteiger partial charge in [-0.05, 0) is 44.2 Å². The molecule has 0 bridgehead atoms. The van der Waals surface area contributed by atoms with E-state index in [0.717, 1.165) is 12.6 Å². The molecule has 0 saturated carbocycles. The maximum absolute atomic E-state index is 3.56. The van der Waals surface area contributed by atoms with Gasteiger partial charge in [-0.1, -0.05) is 20.8 Å². The number of rotatable bonds is 6. The van der Waals surface area contributed by atoms with Crippen molar-refractivity contribution in [2.24, 2.45) is 5.41 Å². The summed E-state index contributed by atoms with van der Waals surface area (Å²) < 4.78 is 0. The van der Waals surface area contributed by atoms with E-state index in [-0.39, 0.29) is 0 Å². The Kier molecular flexibility index (Phi) is 4.90.